The number of hydrogen-bond donors (Lipinski definition) is 3. The van der Waals surface area contributed by atoms with E-state index in [9.17, 15) is 4.79 Å². The maximum absolute atomic E-state index is 11.8. The molecule has 0 spiro atoms. The van der Waals surface area contributed by atoms with Crippen molar-refractivity contribution in [3.63, 3.8) is 0 Å². The van der Waals surface area contributed by atoms with Gasteiger partial charge in [0.1, 0.15) is 5.76 Å². The summed E-state index contributed by atoms with van der Waals surface area (Å²) in [5.41, 5.74) is 7.74. The SMILES string of the molecule is CCNC(=O)c1ccc(N)c(NCc2ncc(CC)o2)c1. The van der Waals surface area contributed by atoms with Crippen LogP contribution in [0.15, 0.2) is 28.8 Å². The van der Waals surface area contributed by atoms with Gasteiger partial charge in [-0.3, -0.25) is 4.79 Å². The van der Waals surface area contributed by atoms with Gasteiger partial charge in [0.15, 0.2) is 0 Å². The second-order valence-electron chi connectivity index (χ2n) is 4.59. The number of carbonyl (C=O) groups excluding carboxylic acids is 1. The molecule has 1 aromatic heterocycles. The van der Waals surface area contributed by atoms with Crippen molar-refractivity contribution in [2.75, 3.05) is 17.6 Å². The first-order valence-corrected chi connectivity index (χ1v) is 6.99. The number of aromatic nitrogens is 1. The van der Waals surface area contributed by atoms with Crippen LogP contribution < -0.4 is 16.4 Å². The maximum atomic E-state index is 11.8. The Hall–Kier alpha value is -2.50. The summed E-state index contributed by atoms with van der Waals surface area (Å²) in [5.74, 6) is 1.32. The van der Waals surface area contributed by atoms with Crippen LogP contribution in [0, 0.1) is 0 Å². The van der Waals surface area contributed by atoms with Gasteiger partial charge in [0, 0.05) is 18.5 Å². The number of anilines is 2. The number of carbonyl (C=O) groups is 1. The number of nitrogens with zero attached hydrogens (tertiary/aromatic N) is 1. The van der Waals surface area contributed by atoms with Crippen molar-refractivity contribution in [2.45, 2.75) is 26.8 Å². The second-order valence-corrected chi connectivity index (χ2v) is 4.59. The standard InChI is InChI=1S/C15H20N4O2/c1-3-11-8-19-14(21-11)9-18-13-7-10(5-6-12(13)16)15(20)17-4-2/h5-8,18H,3-4,9,16H2,1-2H3,(H,17,20). The fourth-order valence-electron chi connectivity index (χ4n) is 1.88. The van der Waals surface area contributed by atoms with Crippen LogP contribution in [0.1, 0.15) is 35.9 Å². The van der Waals surface area contributed by atoms with Gasteiger partial charge in [-0.25, -0.2) is 4.98 Å². The van der Waals surface area contributed by atoms with E-state index in [4.69, 9.17) is 10.2 Å². The molecule has 1 amide bonds. The zero-order chi connectivity index (χ0) is 15.2. The molecular formula is C15H20N4O2. The summed E-state index contributed by atoms with van der Waals surface area (Å²) in [6.07, 6.45) is 2.52. The Morgan fingerprint density at radius 3 is 2.86 bits per heavy atom. The molecule has 4 N–H and O–H groups in total. The largest absolute Gasteiger partial charge is 0.444 e. The molecule has 0 unspecified atom stereocenters. The van der Waals surface area contributed by atoms with Gasteiger partial charge in [0.2, 0.25) is 5.89 Å². The zero-order valence-corrected chi connectivity index (χ0v) is 12.3. The van der Waals surface area contributed by atoms with Gasteiger partial charge in [-0.15, -0.1) is 0 Å². The van der Waals surface area contributed by atoms with E-state index in [0.29, 0.717) is 35.9 Å². The Kier molecular flexibility index (Phi) is 4.81. The van der Waals surface area contributed by atoms with Crippen LogP contribution in [0.4, 0.5) is 11.4 Å². The lowest BCUT2D eigenvalue weighted by Crippen LogP contribution is -2.22. The highest BCUT2D eigenvalue weighted by atomic mass is 16.4. The predicted octanol–water partition coefficient (Wildman–Crippen LogP) is 2.18. The monoisotopic (exact) mass is 288 g/mol. The molecule has 112 valence electrons. The number of benzene rings is 1. The maximum Gasteiger partial charge on any atom is 0.251 e. The van der Waals surface area contributed by atoms with Crippen LogP contribution in [-0.2, 0) is 13.0 Å². The summed E-state index contributed by atoms with van der Waals surface area (Å²) in [6, 6.07) is 5.13. The van der Waals surface area contributed by atoms with Crippen LogP contribution in [0.25, 0.3) is 0 Å². The Labute approximate surface area is 123 Å². The molecule has 1 aromatic carbocycles. The molecule has 0 saturated heterocycles. The van der Waals surface area contributed by atoms with E-state index in [-0.39, 0.29) is 5.91 Å². The van der Waals surface area contributed by atoms with Crippen LogP contribution in [0.3, 0.4) is 0 Å². The predicted molar refractivity (Wildman–Crippen MR) is 82.1 cm³/mol. The topological polar surface area (TPSA) is 93.2 Å². The summed E-state index contributed by atoms with van der Waals surface area (Å²) in [4.78, 5) is 16.0. The van der Waals surface area contributed by atoms with Crippen LogP contribution in [0.5, 0.6) is 0 Å². The summed E-state index contributed by atoms with van der Waals surface area (Å²) in [7, 11) is 0. The minimum Gasteiger partial charge on any atom is -0.444 e. The zero-order valence-electron chi connectivity index (χ0n) is 12.3. The van der Waals surface area contributed by atoms with Gasteiger partial charge in [0.05, 0.1) is 24.1 Å². The molecule has 6 heteroatoms. The van der Waals surface area contributed by atoms with Crippen molar-refractivity contribution >= 4 is 17.3 Å². The lowest BCUT2D eigenvalue weighted by molar-refractivity contribution is 0.0956. The van der Waals surface area contributed by atoms with Gasteiger partial charge in [-0.1, -0.05) is 6.92 Å². The quantitative estimate of drug-likeness (QED) is 0.708. The van der Waals surface area contributed by atoms with Crippen molar-refractivity contribution in [2.24, 2.45) is 0 Å². The van der Waals surface area contributed by atoms with Crippen molar-refractivity contribution in [1.29, 1.82) is 0 Å². The Bertz CT molecular complexity index is 622. The Morgan fingerprint density at radius 2 is 2.19 bits per heavy atom. The van der Waals surface area contributed by atoms with Gasteiger partial charge < -0.3 is 20.8 Å². The van der Waals surface area contributed by atoms with E-state index in [1.165, 1.54) is 0 Å². The van der Waals surface area contributed by atoms with Gasteiger partial charge in [0.25, 0.3) is 5.91 Å². The van der Waals surface area contributed by atoms with Crippen molar-refractivity contribution in [3.05, 3.63) is 41.6 Å². The summed E-state index contributed by atoms with van der Waals surface area (Å²) in [5, 5.41) is 5.90. The summed E-state index contributed by atoms with van der Waals surface area (Å²) < 4.78 is 5.52. The molecule has 0 aliphatic carbocycles. The van der Waals surface area contributed by atoms with E-state index in [2.05, 4.69) is 15.6 Å². The smallest absolute Gasteiger partial charge is 0.251 e. The average molecular weight is 288 g/mol. The highest BCUT2D eigenvalue weighted by Crippen LogP contribution is 2.21. The van der Waals surface area contributed by atoms with Crippen LogP contribution in [-0.4, -0.2) is 17.4 Å². The molecule has 1 heterocycles. The summed E-state index contributed by atoms with van der Waals surface area (Å²) >= 11 is 0. The molecular weight excluding hydrogens is 268 g/mol. The number of amides is 1. The third-order valence-corrected chi connectivity index (χ3v) is 3.03. The third-order valence-electron chi connectivity index (χ3n) is 3.03. The van der Waals surface area contributed by atoms with Crippen molar-refractivity contribution < 1.29 is 9.21 Å². The van der Waals surface area contributed by atoms with E-state index < -0.39 is 0 Å². The molecule has 0 atom stereocenters. The summed E-state index contributed by atoms with van der Waals surface area (Å²) in [6.45, 7) is 4.89. The Balaban J connectivity index is 2.08. The van der Waals surface area contributed by atoms with E-state index in [0.717, 1.165) is 12.2 Å². The lowest BCUT2D eigenvalue weighted by atomic mass is 10.1. The first-order chi connectivity index (χ1) is 10.1. The molecule has 0 saturated carbocycles. The van der Waals surface area contributed by atoms with Gasteiger partial charge in [-0.2, -0.15) is 0 Å². The van der Waals surface area contributed by atoms with Crippen molar-refractivity contribution in [3.8, 4) is 0 Å². The minimum atomic E-state index is -0.120. The molecule has 2 aromatic rings. The number of aryl methyl sites for hydroxylation is 1. The average Bonchev–Trinajstić information content (AvgIpc) is 2.94. The number of oxazole rings is 1. The van der Waals surface area contributed by atoms with Crippen LogP contribution >= 0.6 is 0 Å². The number of nitrogen functional groups attached to an aromatic ring is 1. The van der Waals surface area contributed by atoms with E-state index in [1.54, 1.807) is 24.4 Å². The first kappa shape index (κ1) is 14.9. The molecule has 21 heavy (non-hydrogen) atoms. The molecule has 0 bridgehead atoms. The molecule has 0 aliphatic heterocycles. The first-order valence-electron chi connectivity index (χ1n) is 6.99. The van der Waals surface area contributed by atoms with Crippen molar-refractivity contribution in [1.82, 2.24) is 10.3 Å². The molecule has 6 nitrogen and oxygen atoms in total. The third kappa shape index (κ3) is 3.75. The molecule has 2 rings (SSSR count). The molecule has 0 radical (unpaired) electrons. The fraction of sp³-hybridized carbons (Fsp3) is 0.333. The highest BCUT2D eigenvalue weighted by Gasteiger charge is 2.08. The van der Waals surface area contributed by atoms with E-state index >= 15 is 0 Å². The van der Waals surface area contributed by atoms with Gasteiger partial charge >= 0.3 is 0 Å². The van der Waals surface area contributed by atoms with Gasteiger partial charge in [-0.05, 0) is 25.1 Å². The minimum absolute atomic E-state index is 0.120. The Morgan fingerprint density at radius 1 is 1.38 bits per heavy atom. The lowest BCUT2D eigenvalue weighted by Gasteiger charge is -2.10. The number of nitrogens with two attached hydrogens (primary N) is 1. The molecule has 0 fully saturated rings. The number of rotatable bonds is 6. The van der Waals surface area contributed by atoms with Crippen LogP contribution in [0.2, 0.25) is 0 Å². The normalized spacial score (nSPS) is 10.4. The van der Waals surface area contributed by atoms with E-state index in [1.807, 2.05) is 13.8 Å². The number of nitrogens with one attached hydrogen (secondary N) is 2. The fourth-order valence-corrected chi connectivity index (χ4v) is 1.88. The highest BCUT2D eigenvalue weighted by molar-refractivity contribution is 5.96. The molecule has 0 aliphatic rings. The second kappa shape index (κ2) is 6.78. The number of hydrogen-bond acceptors (Lipinski definition) is 5.